The zero-order valence-electron chi connectivity index (χ0n) is 12.1. The third-order valence-corrected chi connectivity index (χ3v) is 3.98. The summed E-state index contributed by atoms with van der Waals surface area (Å²) >= 11 is 0. The molecule has 2 unspecified atom stereocenters. The first kappa shape index (κ1) is 16.0. The van der Waals surface area contributed by atoms with Crippen LogP contribution in [0.3, 0.4) is 0 Å². The van der Waals surface area contributed by atoms with Crippen LogP contribution in [0.5, 0.6) is 0 Å². The normalized spacial score (nSPS) is 22.6. The van der Waals surface area contributed by atoms with E-state index in [2.05, 4.69) is 5.32 Å². The highest BCUT2D eigenvalue weighted by molar-refractivity contribution is 5.75. The zero-order valence-corrected chi connectivity index (χ0v) is 12.1. The molecule has 1 N–H and O–H groups in total. The van der Waals surface area contributed by atoms with E-state index in [1.165, 1.54) is 13.2 Å². The fraction of sp³-hybridized carbons (Fsp3) is 0.467. The lowest BCUT2D eigenvalue weighted by Gasteiger charge is -2.32. The first-order valence-corrected chi connectivity index (χ1v) is 6.59. The Morgan fingerprint density at radius 2 is 1.90 bits per heavy atom. The van der Waals surface area contributed by atoms with Gasteiger partial charge in [-0.25, -0.2) is 17.6 Å². The van der Waals surface area contributed by atoms with Crippen LogP contribution in [0, 0.1) is 11.6 Å². The number of hydrogen-bond donors (Lipinski definition) is 1. The molecule has 0 saturated heterocycles. The van der Waals surface area contributed by atoms with Gasteiger partial charge in [0.05, 0.1) is 17.6 Å². The second-order valence-electron chi connectivity index (χ2n) is 5.32. The number of halogens is 4. The van der Waals surface area contributed by atoms with Crippen LogP contribution in [0.2, 0.25) is 0 Å². The first-order valence-electron chi connectivity index (χ1n) is 6.59. The third-order valence-electron chi connectivity index (χ3n) is 3.98. The van der Waals surface area contributed by atoms with Gasteiger partial charge in [-0.2, -0.15) is 0 Å². The topological polar surface area (TPSA) is 21.3 Å². The minimum Gasteiger partial charge on any atom is -0.383 e. The van der Waals surface area contributed by atoms with Crippen LogP contribution in [0.25, 0.3) is 5.83 Å². The standard InChI is InChI=1S/C15H17F4NO/c1-8(20-2)6-15(7-21-3)9-4-5-10(16)12(17)11(9)13(18)14(15)19/h4-5,8,20H,6-7H2,1-3H3. The SMILES string of the molecule is CNC(C)CC1(COC)C(F)=C(F)c2c1ccc(F)c2F. The number of methoxy groups -OCH3 is 1. The minimum atomic E-state index is -1.44. The van der Waals surface area contributed by atoms with Crippen LogP contribution >= 0.6 is 0 Å². The number of hydrogen-bond acceptors (Lipinski definition) is 2. The molecule has 0 aromatic heterocycles. The number of nitrogens with one attached hydrogen (secondary N) is 1. The van der Waals surface area contributed by atoms with E-state index in [1.54, 1.807) is 14.0 Å². The van der Waals surface area contributed by atoms with Crippen molar-refractivity contribution in [1.29, 1.82) is 0 Å². The van der Waals surface area contributed by atoms with Gasteiger partial charge in [-0.15, -0.1) is 0 Å². The molecule has 6 heteroatoms. The monoisotopic (exact) mass is 303 g/mol. The predicted octanol–water partition coefficient (Wildman–Crippen LogP) is 3.47. The van der Waals surface area contributed by atoms with E-state index in [-0.39, 0.29) is 24.6 Å². The Morgan fingerprint density at radius 3 is 2.48 bits per heavy atom. The van der Waals surface area contributed by atoms with Crippen LogP contribution in [0.1, 0.15) is 24.5 Å². The van der Waals surface area contributed by atoms with Crippen LogP contribution < -0.4 is 5.32 Å². The van der Waals surface area contributed by atoms with Crippen molar-refractivity contribution in [2.45, 2.75) is 24.8 Å². The van der Waals surface area contributed by atoms with Gasteiger partial charge in [-0.05, 0) is 32.0 Å². The second-order valence-corrected chi connectivity index (χ2v) is 5.32. The average Bonchev–Trinajstić information content (AvgIpc) is 2.66. The maximum absolute atomic E-state index is 14.5. The molecule has 0 amide bonds. The Hall–Kier alpha value is -1.40. The summed E-state index contributed by atoms with van der Waals surface area (Å²) in [4.78, 5) is 0. The summed E-state index contributed by atoms with van der Waals surface area (Å²) in [7, 11) is 3.04. The number of ether oxygens (including phenoxy) is 1. The molecule has 0 aliphatic heterocycles. The van der Waals surface area contributed by atoms with Gasteiger partial charge in [0.2, 0.25) is 0 Å². The molecule has 2 atom stereocenters. The third kappa shape index (κ3) is 2.36. The molecule has 0 saturated carbocycles. The maximum atomic E-state index is 14.5. The van der Waals surface area contributed by atoms with Gasteiger partial charge in [-0.3, -0.25) is 0 Å². The van der Waals surface area contributed by atoms with E-state index in [1.807, 2.05) is 0 Å². The molecule has 2 rings (SSSR count). The second kappa shape index (κ2) is 5.77. The summed E-state index contributed by atoms with van der Waals surface area (Å²) < 4.78 is 60.9. The molecule has 1 aromatic carbocycles. The van der Waals surface area contributed by atoms with E-state index < -0.39 is 34.3 Å². The molecular formula is C15H17F4NO. The number of rotatable bonds is 5. The first-order chi connectivity index (χ1) is 9.89. The van der Waals surface area contributed by atoms with Crippen LogP contribution in [-0.4, -0.2) is 26.8 Å². The van der Waals surface area contributed by atoms with Crippen molar-refractivity contribution < 1.29 is 22.3 Å². The van der Waals surface area contributed by atoms with E-state index in [0.717, 1.165) is 6.07 Å². The van der Waals surface area contributed by atoms with Gasteiger partial charge in [0.1, 0.15) is 5.83 Å². The van der Waals surface area contributed by atoms with Crippen molar-refractivity contribution in [2.75, 3.05) is 20.8 Å². The smallest absolute Gasteiger partial charge is 0.169 e. The molecule has 2 nitrogen and oxygen atoms in total. The molecule has 0 heterocycles. The Balaban J connectivity index is 2.66. The largest absolute Gasteiger partial charge is 0.383 e. The quantitative estimate of drug-likeness (QED) is 0.841. The van der Waals surface area contributed by atoms with Gasteiger partial charge in [0, 0.05) is 13.2 Å². The molecule has 1 aliphatic rings. The summed E-state index contributed by atoms with van der Waals surface area (Å²) in [6.07, 6.45) is 0.161. The van der Waals surface area contributed by atoms with Gasteiger partial charge in [0.15, 0.2) is 17.5 Å². The van der Waals surface area contributed by atoms with E-state index in [9.17, 15) is 17.6 Å². The van der Waals surface area contributed by atoms with Crippen molar-refractivity contribution in [3.8, 4) is 0 Å². The predicted molar refractivity (Wildman–Crippen MR) is 72.2 cm³/mol. The Bertz CT molecular complexity index is 587. The Labute approximate surface area is 120 Å². The fourth-order valence-electron chi connectivity index (χ4n) is 2.87. The van der Waals surface area contributed by atoms with Gasteiger partial charge < -0.3 is 10.1 Å². The lowest BCUT2D eigenvalue weighted by atomic mass is 9.77. The highest BCUT2D eigenvalue weighted by Crippen LogP contribution is 2.51. The minimum absolute atomic E-state index is 0.0837. The van der Waals surface area contributed by atoms with Crippen molar-refractivity contribution in [1.82, 2.24) is 5.32 Å². The van der Waals surface area contributed by atoms with E-state index >= 15 is 0 Å². The molecule has 0 fully saturated rings. The zero-order chi connectivity index (χ0) is 15.8. The van der Waals surface area contributed by atoms with Crippen molar-refractivity contribution in [3.63, 3.8) is 0 Å². The lowest BCUT2D eigenvalue weighted by molar-refractivity contribution is 0.125. The van der Waals surface area contributed by atoms with Crippen molar-refractivity contribution in [2.24, 2.45) is 0 Å². The molecule has 116 valence electrons. The lowest BCUT2D eigenvalue weighted by Crippen LogP contribution is -2.38. The van der Waals surface area contributed by atoms with Gasteiger partial charge >= 0.3 is 0 Å². The van der Waals surface area contributed by atoms with E-state index in [0.29, 0.717) is 0 Å². The summed E-state index contributed by atoms with van der Waals surface area (Å²) in [5.74, 6) is -5.02. The molecular weight excluding hydrogens is 286 g/mol. The number of fused-ring (bicyclic) bond motifs is 1. The molecule has 1 aliphatic carbocycles. The highest BCUT2D eigenvalue weighted by Gasteiger charge is 2.49. The average molecular weight is 303 g/mol. The summed E-state index contributed by atoms with van der Waals surface area (Å²) in [5, 5.41) is 2.93. The molecule has 0 spiro atoms. The Morgan fingerprint density at radius 1 is 1.24 bits per heavy atom. The summed E-state index contributed by atoms with van der Waals surface area (Å²) in [6.45, 7) is 1.64. The molecule has 21 heavy (non-hydrogen) atoms. The molecule has 1 aromatic rings. The van der Waals surface area contributed by atoms with Crippen LogP contribution in [0.4, 0.5) is 17.6 Å². The van der Waals surface area contributed by atoms with Crippen molar-refractivity contribution in [3.05, 3.63) is 40.7 Å². The number of benzene rings is 1. The van der Waals surface area contributed by atoms with E-state index in [4.69, 9.17) is 4.74 Å². The fourth-order valence-corrected chi connectivity index (χ4v) is 2.87. The Kier molecular flexibility index (Phi) is 4.39. The molecule has 0 bridgehead atoms. The molecule has 0 radical (unpaired) electrons. The van der Waals surface area contributed by atoms with Gasteiger partial charge in [-0.1, -0.05) is 6.07 Å². The van der Waals surface area contributed by atoms with Crippen LogP contribution in [-0.2, 0) is 10.2 Å². The van der Waals surface area contributed by atoms with Crippen LogP contribution in [0.15, 0.2) is 18.0 Å². The summed E-state index contributed by atoms with van der Waals surface area (Å²) in [6, 6.07) is 1.94. The van der Waals surface area contributed by atoms with Crippen molar-refractivity contribution >= 4 is 5.83 Å². The summed E-state index contributed by atoms with van der Waals surface area (Å²) in [5.41, 5.74) is -1.99. The highest BCUT2D eigenvalue weighted by atomic mass is 19.2. The maximum Gasteiger partial charge on any atom is 0.169 e. The van der Waals surface area contributed by atoms with Gasteiger partial charge in [0.25, 0.3) is 0 Å².